The number of rotatable bonds is 4. The summed E-state index contributed by atoms with van der Waals surface area (Å²) in [6, 6.07) is 4.86. The molecule has 1 unspecified atom stereocenters. The van der Waals surface area contributed by atoms with E-state index in [0.29, 0.717) is 17.6 Å². The molecule has 0 aliphatic heterocycles. The lowest BCUT2D eigenvalue weighted by Gasteiger charge is -2.31. The molecule has 0 aliphatic rings. The van der Waals surface area contributed by atoms with Gasteiger partial charge in [0.25, 0.3) is 0 Å². The number of nitrogens with zero attached hydrogens (tertiary/aromatic N) is 1. The fourth-order valence-corrected chi connectivity index (χ4v) is 2.25. The molecule has 102 valence electrons. The summed E-state index contributed by atoms with van der Waals surface area (Å²) in [5, 5.41) is 5.06. The van der Waals surface area contributed by atoms with Crippen LogP contribution in [0.4, 0.5) is 11.4 Å². The molecule has 0 amide bonds. The molecule has 0 heterocycles. The average Bonchev–Trinajstić information content (AvgIpc) is 2.25. The number of nitrogens with two attached hydrogens (primary N) is 2. The number of primary sulfonamides is 1. The molecule has 4 N–H and O–H groups in total. The van der Waals surface area contributed by atoms with Gasteiger partial charge in [-0.15, -0.1) is 0 Å². The second kappa shape index (κ2) is 5.16. The first-order valence-electron chi connectivity index (χ1n) is 5.79. The van der Waals surface area contributed by atoms with E-state index in [9.17, 15) is 8.42 Å². The van der Waals surface area contributed by atoms with Gasteiger partial charge in [0.2, 0.25) is 10.0 Å². The van der Waals surface area contributed by atoms with Crippen LogP contribution in [0.2, 0.25) is 0 Å². The number of hydrogen-bond acceptors (Lipinski definition) is 4. The smallest absolute Gasteiger partial charge is 0.238 e. The van der Waals surface area contributed by atoms with E-state index in [0.717, 1.165) is 5.69 Å². The quantitative estimate of drug-likeness (QED) is 0.810. The Morgan fingerprint density at radius 1 is 1.22 bits per heavy atom. The second-order valence-corrected chi connectivity index (χ2v) is 6.42. The third-order valence-corrected chi connectivity index (χ3v) is 4.19. The SMILES string of the molecule is CC(C)C(C)N(C)c1ccc(S(N)(=O)=O)cc1N. The Kier molecular flexibility index (Phi) is 4.24. The molecule has 1 rings (SSSR count). The lowest BCUT2D eigenvalue weighted by atomic mass is 10.0. The van der Waals surface area contributed by atoms with E-state index in [1.165, 1.54) is 12.1 Å². The maximum absolute atomic E-state index is 11.2. The number of sulfonamides is 1. The van der Waals surface area contributed by atoms with Crippen LogP contribution in [0, 0.1) is 5.92 Å². The number of hydrogen-bond donors (Lipinski definition) is 2. The minimum Gasteiger partial charge on any atom is -0.397 e. The van der Waals surface area contributed by atoms with Crippen molar-refractivity contribution in [2.45, 2.75) is 31.7 Å². The topological polar surface area (TPSA) is 89.4 Å². The van der Waals surface area contributed by atoms with Gasteiger partial charge in [-0.05, 0) is 31.0 Å². The van der Waals surface area contributed by atoms with Crippen LogP contribution in [0.25, 0.3) is 0 Å². The lowest BCUT2D eigenvalue weighted by Crippen LogP contribution is -2.33. The second-order valence-electron chi connectivity index (χ2n) is 4.86. The maximum Gasteiger partial charge on any atom is 0.238 e. The van der Waals surface area contributed by atoms with Gasteiger partial charge in [-0.2, -0.15) is 0 Å². The zero-order chi connectivity index (χ0) is 14.1. The molecular weight excluding hydrogens is 250 g/mol. The van der Waals surface area contributed by atoms with Crippen LogP contribution in [0.1, 0.15) is 20.8 Å². The highest BCUT2D eigenvalue weighted by molar-refractivity contribution is 7.89. The summed E-state index contributed by atoms with van der Waals surface area (Å²) in [5.41, 5.74) is 7.12. The summed E-state index contributed by atoms with van der Waals surface area (Å²) in [5.74, 6) is 0.465. The van der Waals surface area contributed by atoms with Crippen LogP contribution in [0.15, 0.2) is 23.1 Å². The van der Waals surface area contributed by atoms with E-state index in [1.54, 1.807) is 6.07 Å². The molecule has 6 heteroatoms. The van der Waals surface area contributed by atoms with Crippen LogP contribution in [-0.2, 0) is 10.0 Å². The summed E-state index contributed by atoms with van der Waals surface area (Å²) in [7, 11) is -1.77. The molecule has 1 atom stereocenters. The Bertz CT molecular complexity index is 526. The molecule has 18 heavy (non-hydrogen) atoms. The van der Waals surface area contributed by atoms with E-state index in [1.807, 2.05) is 11.9 Å². The van der Waals surface area contributed by atoms with Crippen LogP contribution >= 0.6 is 0 Å². The molecule has 1 aromatic carbocycles. The molecule has 0 bridgehead atoms. The van der Waals surface area contributed by atoms with E-state index in [2.05, 4.69) is 20.8 Å². The summed E-state index contributed by atoms with van der Waals surface area (Å²) >= 11 is 0. The van der Waals surface area contributed by atoms with Gasteiger partial charge in [-0.25, -0.2) is 13.6 Å². The number of nitrogen functional groups attached to an aromatic ring is 1. The van der Waals surface area contributed by atoms with Gasteiger partial charge in [0.15, 0.2) is 0 Å². The third kappa shape index (κ3) is 3.14. The number of anilines is 2. The van der Waals surface area contributed by atoms with Crippen LogP contribution in [0.5, 0.6) is 0 Å². The van der Waals surface area contributed by atoms with E-state index in [-0.39, 0.29) is 4.90 Å². The molecule has 0 aromatic heterocycles. The normalized spacial score (nSPS) is 13.7. The van der Waals surface area contributed by atoms with Crippen molar-refractivity contribution in [1.82, 2.24) is 0 Å². The molecule has 0 radical (unpaired) electrons. The predicted molar refractivity (Wildman–Crippen MR) is 74.9 cm³/mol. The number of benzene rings is 1. The van der Waals surface area contributed by atoms with Crippen molar-refractivity contribution in [3.05, 3.63) is 18.2 Å². The molecule has 0 spiro atoms. The summed E-state index contributed by atoms with van der Waals surface area (Å²) < 4.78 is 22.4. The standard InChI is InChI=1S/C12H21N3O2S/c1-8(2)9(3)15(4)12-6-5-10(7-11(12)13)18(14,16)17/h5-9H,13H2,1-4H3,(H2,14,16,17). The van der Waals surface area contributed by atoms with Gasteiger partial charge in [-0.1, -0.05) is 13.8 Å². The van der Waals surface area contributed by atoms with Gasteiger partial charge < -0.3 is 10.6 Å². The van der Waals surface area contributed by atoms with Crippen LogP contribution in [-0.4, -0.2) is 21.5 Å². The highest BCUT2D eigenvalue weighted by Crippen LogP contribution is 2.27. The predicted octanol–water partition coefficient (Wildman–Crippen LogP) is 1.40. The van der Waals surface area contributed by atoms with Crippen molar-refractivity contribution >= 4 is 21.4 Å². The van der Waals surface area contributed by atoms with Gasteiger partial charge in [0.05, 0.1) is 16.3 Å². The summed E-state index contributed by atoms with van der Waals surface area (Å²) in [6.07, 6.45) is 0. The molecular formula is C12H21N3O2S. The van der Waals surface area contributed by atoms with Crippen molar-refractivity contribution in [3.8, 4) is 0 Å². The Morgan fingerprint density at radius 2 is 1.78 bits per heavy atom. The Labute approximate surface area is 109 Å². The fraction of sp³-hybridized carbons (Fsp3) is 0.500. The molecule has 0 fully saturated rings. The minimum absolute atomic E-state index is 0.0364. The van der Waals surface area contributed by atoms with Crippen LogP contribution in [0.3, 0.4) is 0 Å². The van der Waals surface area contributed by atoms with E-state index < -0.39 is 10.0 Å². The lowest BCUT2D eigenvalue weighted by molar-refractivity contribution is 0.506. The van der Waals surface area contributed by atoms with Crippen molar-refractivity contribution < 1.29 is 8.42 Å². The zero-order valence-electron chi connectivity index (χ0n) is 11.2. The first-order chi connectivity index (χ1) is 8.14. The Hall–Kier alpha value is -1.27. The van der Waals surface area contributed by atoms with Crippen molar-refractivity contribution in [1.29, 1.82) is 0 Å². The minimum atomic E-state index is -3.70. The van der Waals surface area contributed by atoms with Gasteiger partial charge in [-0.3, -0.25) is 0 Å². The highest BCUT2D eigenvalue weighted by Gasteiger charge is 2.17. The molecule has 0 saturated carbocycles. The van der Waals surface area contributed by atoms with E-state index in [4.69, 9.17) is 10.9 Å². The largest absolute Gasteiger partial charge is 0.397 e. The molecule has 1 aromatic rings. The van der Waals surface area contributed by atoms with Crippen molar-refractivity contribution in [2.75, 3.05) is 17.7 Å². The highest BCUT2D eigenvalue weighted by atomic mass is 32.2. The van der Waals surface area contributed by atoms with Crippen molar-refractivity contribution in [3.63, 3.8) is 0 Å². The summed E-state index contributed by atoms with van der Waals surface area (Å²) in [4.78, 5) is 2.07. The molecule has 0 aliphatic carbocycles. The van der Waals surface area contributed by atoms with Gasteiger partial charge >= 0.3 is 0 Å². The third-order valence-electron chi connectivity index (χ3n) is 3.28. The monoisotopic (exact) mass is 271 g/mol. The Morgan fingerprint density at radius 3 is 2.17 bits per heavy atom. The average molecular weight is 271 g/mol. The van der Waals surface area contributed by atoms with Gasteiger partial charge in [0, 0.05) is 13.1 Å². The first-order valence-corrected chi connectivity index (χ1v) is 7.34. The molecule has 5 nitrogen and oxygen atoms in total. The first kappa shape index (κ1) is 14.8. The Balaban J connectivity index is 3.14. The summed E-state index contributed by atoms with van der Waals surface area (Å²) in [6.45, 7) is 6.34. The fourth-order valence-electron chi connectivity index (χ4n) is 1.70. The van der Waals surface area contributed by atoms with Gasteiger partial charge in [0.1, 0.15) is 0 Å². The van der Waals surface area contributed by atoms with E-state index >= 15 is 0 Å². The van der Waals surface area contributed by atoms with Crippen LogP contribution < -0.4 is 15.8 Å². The molecule has 0 saturated heterocycles. The van der Waals surface area contributed by atoms with Crippen molar-refractivity contribution in [2.24, 2.45) is 11.1 Å². The maximum atomic E-state index is 11.2. The zero-order valence-corrected chi connectivity index (χ0v) is 12.0.